The van der Waals surface area contributed by atoms with Gasteiger partial charge >= 0.3 is 0 Å². The van der Waals surface area contributed by atoms with Crippen LogP contribution in [0.1, 0.15) is 12.5 Å². The summed E-state index contributed by atoms with van der Waals surface area (Å²) in [6.07, 6.45) is -0.168. The monoisotopic (exact) mass is 283 g/mol. The van der Waals surface area contributed by atoms with E-state index in [0.29, 0.717) is 18.0 Å². The molecule has 2 aliphatic heterocycles. The summed E-state index contributed by atoms with van der Waals surface area (Å²) in [4.78, 5) is 0.322. The molecule has 1 aromatic carbocycles. The molecule has 2 atom stereocenters. The normalized spacial score (nSPS) is 31.6. The van der Waals surface area contributed by atoms with E-state index in [2.05, 4.69) is 0 Å². The number of hydrogen-bond acceptors (Lipinski definition) is 4. The van der Waals surface area contributed by atoms with Crippen molar-refractivity contribution in [3.05, 3.63) is 29.8 Å². The van der Waals surface area contributed by atoms with Crippen LogP contribution in [0.4, 0.5) is 0 Å². The Morgan fingerprint density at radius 3 is 2.63 bits per heavy atom. The highest BCUT2D eigenvalue weighted by molar-refractivity contribution is 7.89. The molecule has 0 aliphatic carbocycles. The summed E-state index contributed by atoms with van der Waals surface area (Å²) >= 11 is 0. The molecule has 2 fully saturated rings. The Bertz CT molecular complexity index is 583. The summed E-state index contributed by atoms with van der Waals surface area (Å²) in [5, 5.41) is 0. The lowest BCUT2D eigenvalue weighted by Crippen LogP contribution is -2.51. The van der Waals surface area contributed by atoms with E-state index < -0.39 is 15.8 Å². The quantitative estimate of drug-likeness (QED) is 0.816. The van der Waals surface area contributed by atoms with Gasteiger partial charge in [0.05, 0.1) is 24.2 Å². The molecule has 3 rings (SSSR count). The van der Waals surface area contributed by atoms with Crippen molar-refractivity contribution in [1.82, 2.24) is 4.31 Å². The lowest BCUT2D eigenvalue weighted by atomic mass is 10.2. The molecule has 0 saturated carbocycles. The van der Waals surface area contributed by atoms with Gasteiger partial charge in [-0.1, -0.05) is 17.7 Å². The number of fused-ring (bicyclic) bond motifs is 2. The Balaban J connectivity index is 1.91. The second-order valence-electron chi connectivity index (χ2n) is 5.30. The molecule has 1 aromatic rings. The van der Waals surface area contributed by atoms with Gasteiger partial charge in [-0.25, -0.2) is 8.42 Å². The summed E-state index contributed by atoms with van der Waals surface area (Å²) in [5.41, 5.74) is 1.04. The summed E-state index contributed by atoms with van der Waals surface area (Å²) in [6.45, 7) is 4.76. The molecular weight excluding hydrogens is 266 g/mol. The van der Waals surface area contributed by atoms with Crippen LogP contribution in [0.2, 0.25) is 0 Å². The Morgan fingerprint density at radius 1 is 1.32 bits per heavy atom. The number of aryl methyl sites for hydroxylation is 1. The number of morpholine rings is 1. The molecule has 19 heavy (non-hydrogen) atoms. The van der Waals surface area contributed by atoms with Gasteiger partial charge in [0.2, 0.25) is 10.0 Å². The number of benzene rings is 1. The minimum Gasteiger partial charge on any atom is -0.346 e. The number of hydrogen-bond donors (Lipinski definition) is 0. The Labute approximate surface area is 113 Å². The van der Waals surface area contributed by atoms with Crippen LogP contribution in [-0.2, 0) is 19.5 Å². The molecule has 6 heteroatoms. The van der Waals surface area contributed by atoms with E-state index in [9.17, 15) is 8.42 Å². The zero-order valence-corrected chi connectivity index (χ0v) is 11.8. The van der Waals surface area contributed by atoms with E-state index in [0.717, 1.165) is 5.56 Å². The van der Waals surface area contributed by atoms with Crippen LogP contribution >= 0.6 is 0 Å². The van der Waals surface area contributed by atoms with Crippen LogP contribution in [0, 0.1) is 6.92 Å². The largest absolute Gasteiger partial charge is 0.346 e. The maximum absolute atomic E-state index is 12.6. The van der Waals surface area contributed by atoms with Gasteiger partial charge in [-0.15, -0.1) is 0 Å². The van der Waals surface area contributed by atoms with Crippen LogP contribution in [0.15, 0.2) is 29.2 Å². The van der Waals surface area contributed by atoms with Crippen molar-refractivity contribution in [2.75, 3.05) is 19.7 Å². The zero-order valence-electron chi connectivity index (χ0n) is 11.0. The first kappa shape index (κ1) is 13.1. The Kier molecular flexibility index (Phi) is 2.94. The fourth-order valence-electron chi connectivity index (χ4n) is 2.52. The van der Waals surface area contributed by atoms with Crippen molar-refractivity contribution in [2.45, 2.75) is 30.6 Å². The molecule has 0 amide bonds. The third-order valence-electron chi connectivity index (χ3n) is 3.52. The highest BCUT2D eigenvalue weighted by atomic mass is 32.2. The van der Waals surface area contributed by atoms with Crippen LogP contribution in [-0.4, -0.2) is 44.3 Å². The summed E-state index contributed by atoms with van der Waals surface area (Å²) < 4.78 is 37.8. The third kappa shape index (κ3) is 2.29. The van der Waals surface area contributed by atoms with Crippen LogP contribution in [0.25, 0.3) is 0 Å². The standard InChI is InChI=1S/C13H17NO4S/c1-10-3-5-12(6-4-10)19(15,16)14-7-11-8-17-13(2,9-14)18-11/h3-6,11H,7-9H2,1-2H3/t11-,13+/m0/s1. The topological polar surface area (TPSA) is 55.8 Å². The first-order valence-electron chi connectivity index (χ1n) is 6.28. The van der Waals surface area contributed by atoms with Gasteiger partial charge in [0, 0.05) is 6.54 Å². The van der Waals surface area contributed by atoms with E-state index in [1.807, 2.05) is 6.92 Å². The molecule has 5 nitrogen and oxygen atoms in total. The van der Waals surface area contributed by atoms with E-state index in [1.165, 1.54) is 4.31 Å². The highest BCUT2D eigenvalue weighted by Gasteiger charge is 2.47. The van der Waals surface area contributed by atoms with Crippen LogP contribution in [0.5, 0.6) is 0 Å². The molecule has 0 radical (unpaired) electrons. The van der Waals surface area contributed by atoms with Crippen molar-refractivity contribution in [2.24, 2.45) is 0 Å². The van der Waals surface area contributed by atoms with Crippen molar-refractivity contribution >= 4 is 10.0 Å². The molecule has 2 aliphatic rings. The van der Waals surface area contributed by atoms with Gasteiger partial charge in [-0.2, -0.15) is 4.31 Å². The van der Waals surface area contributed by atoms with E-state index in [4.69, 9.17) is 9.47 Å². The maximum Gasteiger partial charge on any atom is 0.243 e. The Hall–Kier alpha value is -0.950. The van der Waals surface area contributed by atoms with E-state index in [1.54, 1.807) is 31.2 Å². The van der Waals surface area contributed by atoms with Crippen molar-refractivity contribution in [3.8, 4) is 0 Å². The van der Waals surface area contributed by atoms with E-state index in [-0.39, 0.29) is 12.6 Å². The summed E-state index contributed by atoms with van der Waals surface area (Å²) in [7, 11) is -3.47. The average molecular weight is 283 g/mol. The lowest BCUT2D eigenvalue weighted by Gasteiger charge is -2.35. The number of ether oxygens (including phenoxy) is 2. The molecule has 2 bridgehead atoms. The summed E-state index contributed by atoms with van der Waals surface area (Å²) in [6, 6.07) is 6.90. The molecule has 2 saturated heterocycles. The van der Waals surface area contributed by atoms with Gasteiger partial charge in [0.1, 0.15) is 0 Å². The number of sulfonamides is 1. The van der Waals surface area contributed by atoms with Gasteiger partial charge in [-0.05, 0) is 26.0 Å². The molecule has 0 aromatic heterocycles. The lowest BCUT2D eigenvalue weighted by molar-refractivity contribution is -0.178. The van der Waals surface area contributed by atoms with Crippen molar-refractivity contribution in [1.29, 1.82) is 0 Å². The van der Waals surface area contributed by atoms with Gasteiger partial charge in [-0.3, -0.25) is 0 Å². The smallest absolute Gasteiger partial charge is 0.243 e. The van der Waals surface area contributed by atoms with Gasteiger partial charge in [0.25, 0.3) is 0 Å². The first-order chi connectivity index (χ1) is 8.89. The second kappa shape index (κ2) is 4.28. The van der Waals surface area contributed by atoms with Crippen molar-refractivity contribution < 1.29 is 17.9 Å². The Morgan fingerprint density at radius 2 is 2.00 bits per heavy atom. The summed E-state index contributed by atoms with van der Waals surface area (Å²) in [5.74, 6) is -0.805. The number of rotatable bonds is 2. The highest BCUT2D eigenvalue weighted by Crippen LogP contribution is 2.32. The zero-order chi connectivity index (χ0) is 13.7. The SMILES string of the molecule is Cc1ccc(S(=O)(=O)N2C[C@H]3CO[C@@](C)(C2)O3)cc1. The van der Waals surface area contributed by atoms with E-state index >= 15 is 0 Å². The second-order valence-corrected chi connectivity index (χ2v) is 7.23. The van der Waals surface area contributed by atoms with Gasteiger partial charge in [0.15, 0.2) is 5.79 Å². The van der Waals surface area contributed by atoms with Gasteiger partial charge < -0.3 is 9.47 Å². The van der Waals surface area contributed by atoms with Crippen molar-refractivity contribution in [3.63, 3.8) is 0 Å². The molecule has 0 spiro atoms. The molecule has 0 unspecified atom stereocenters. The fourth-order valence-corrected chi connectivity index (χ4v) is 4.06. The fraction of sp³-hybridized carbons (Fsp3) is 0.538. The maximum atomic E-state index is 12.6. The molecule has 2 heterocycles. The predicted octanol–water partition coefficient (Wildman–Crippen LogP) is 1.13. The predicted molar refractivity (Wildman–Crippen MR) is 69.2 cm³/mol. The minimum absolute atomic E-state index is 0.168. The molecule has 0 N–H and O–H groups in total. The minimum atomic E-state index is -3.47. The number of nitrogens with zero attached hydrogens (tertiary/aromatic N) is 1. The third-order valence-corrected chi connectivity index (χ3v) is 5.35. The first-order valence-corrected chi connectivity index (χ1v) is 7.72. The molecule has 104 valence electrons. The van der Waals surface area contributed by atoms with Crippen LogP contribution < -0.4 is 0 Å². The van der Waals surface area contributed by atoms with Crippen LogP contribution in [0.3, 0.4) is 0 Å². The average Bonchev–Trinajstić information content (AvgIpc) is 2.63. The molecular formula is C13H17NO4S.